The first-order chi connectivity index (χ1) is 7.65. The van der Waals surface area contributed by atoms with Crippen LogP contribution in [0.3, 0.4) is 0 Å². The fourth-order valence-corrected chi connectivity index (χ4v) is 1.58. The van der Waals surface area contributed by atoms with Crippen molar-refractivity contribution in [1.82, 2.24) is 0 Å². The van der Waals surface area contributed by atoms with Gasteiger partial charge in [-0.3, -0.25) is 0 Å². The first-order valence-corrected chi connectivity index (χ1v) is 5.52. The summed E-state index contributed by atoms with van der Waals surface area (Å²) in [4.78, 5) is 10.7. The molecule has 0 bridgehead atoms. The Kier molecular flexibility index (Phi) is 5.05. The van der Waals surface area contributed by atoms with Crippen molar-refractivity contribution >= 4 is 5.97 Å². The highest BCUT2D eigenvalue weighted by molar-refractivity contribution is 5.85. The lowest BCUT2D eigenvalue weighted by Crippen LogP contribution is -2.07. The van der Waals surface area contributed by atoms with E-state index in [1.54, 1.807) is 6.07 Å². The number of hydrogen-bond acceptors (Lipinski definition) is 3. The number of rotatable bonds is 7. The summed E-state index contributed by atoms with van der Waals surface area (Å²) in [5.74, 6) is -0.571. The first-order valence-electron chi connectivity index (χ1n) is 5.52. The van der Waals surface area contributed by atoms with Gasteiger partial charge >= 0.3 is 5.97 Å². The van der Waals surface area contributed by atoms with Crippen LogP contribution in [0.15, 0.2) is 16.7 Å². The minimum atomic E-state index is -1.05. The molecule has 1 aromatic rings. The van der Waals surface area contributed by atoms with E-state index in [9.17, 15) is 4.79 Å². The van der Waals surface area contributed by atoms with E-state index in [-0.39, 0.29) is 5.76 Å². The third kappa shape index (κ3) is 3.70. The zero-order valence-corrected chi connectivity index (χ0v) is 9.73. The highest BCUT2D eigenvalue weighted by Crippen LogP contribution is 2.13. The van der Waals surface area contributed by atoms with Gasteiger partial charge in [-0.05, 0) is 18.4 Å². The van der Waals surface area contributed by atoms with E-state index in [1.807, 2.05) is 0 Å². The third-order valence-corrected chi connectivity index (χ3v) is 2.38. The van der Waals surface area contributed by atoms with Crippen LogP contribution in [0.5, 0.6) is 0 Å². The summed E-state index contributed by atoms with van der Waals surface area (Å²) in [6, 6.07) is 1.63. The normalized spacial score (nSPS) is 12.6. The number of ether oxygens (including phenoxy) is 1. The molecule has 0 saturated heterocycles. The number of carboxylic acids is 1. The Hall–Kier alpha value is -1.29. The molecule has 1 heterocycles. The molecule has 0 radical (unpaired) electrons. The maximum Gasteiger partial charge on any atom is 0.372 e. The second-order valence-corrected chi connectivity index (χ2v) is 3.99. The van der Waals surface area contributed by atoms with Crippen LogP contribution >= 0.6 is 0 Å². The fourth-order valence-electron chi connectivity index (χ4n) is 1.58. The standard InChI is InChI=1S/C12H18O4/c1-3-4-9(2)7-15-8-10-5-6-16-11(10)12(13)14/h5-6,9H,3-4,7-8H2,1-2H3,(H,13,14). The summed E-state index contributed by atoms with van der Waals surface area (Å²) in [6.45, 7) is 5.20. The van der Waals surface area contributed by atoms with Crippen molar-refractivity contribution in [3.8, 4) is 0 Å². The van der Waals surface area contributed by atoms with Gasteiger partial charge in [0.2, 0.25) is 5.76 Å². The molecule has 0 saturated carbocycles. The van der Waals surface area contributed by atoms with E-state index in [1.165, 1.54) is 6.26 Å². The van der Waals surface area contributed by atoms with Gasteiger partial charge in [-0.2, -0.15) is 0 Å². The molecule has 0 aliphatic heterocycles. The largest absolute Gasteiger partial charge is 0.475 e. The summed E-state index contributed by atoms with van der Waals surface area (Å²) < 4.78 is 10.3. The Labute approximate surface area is 95.2 Å². The van der Waals surface area contributed by atoms with E-state index in [2.05, 4.69) is 13.8 Å². The van der Waals surface area contributed by atoms with Crippen molar-refractivity contribution < 1.29 is 19.1 Å². The molecule has 0 aromatic carbocycles. The highest BCUT2D eigenvalue weighted by Gasteiger charge is 2.13. The molecule has 1 unspecified atom stereocenters. The lowest BCUT2D eigenvalue weighted by Gasteiger charge is -2.10. The van der Waals surface area contributed by atoms with Crippen molar-refractivity contribution in [2.75, 3.05) is 6.61 Å². The van der Waals surface area contributed by atoms with Crippen LogP contribution in [-0.4, -0.2) is 17.7 Å². The van der Waals surface area contributed by atoms with Gasteiger partial charge in [-0.15, -0.1) is 0 Å². The average Bonchev–Trinajstić information content (AvgIpc) is 2.66. The molecular formula is C12H18O4. The monoisotopic (exact) mass is 226 g/mol. The van der Waals surface area contributed by atoms with E-state index >= 15 is 0 Å². The molecule has 90 valence electrons. The zero-order valence-electron chi connectivity index (χ0n) is 9.73. The Morgan fingerprint density at radius 2 is 2.38 bits per heavy atom. The number of furan rings is 1. The summed E-state index contributed by atoms with van der Waals surface area (Å²) in [5.41, 5.74) is 0.594. The topological polar surface area (TPSA) is 59.7 Å². The molecule has 4 heteroatoms. The third-order valence-electron chi connectivity index (χ3n) is 2.38. The van der Waals surface area contributed by atoms with Crippen LogP contribution in [0.25, 0.3) is 0 Å². The van der Waals surface area contributed by atoms with Crippen molar-refractivity contribution in [2.45, 2.75) is 33.3 Å². The molecule has 0 fully saturated rings. The quantitative estimate of drug-likeness (QED) is 0.776. The van der Waals surface area contributed by atoms with E-state index in [0.717, 1.165) is 12.8 Å². The van der Waals surface area contributed by atoms with Crippen LogP contribution < -0.4 is 0 Å². The summed E-state index contributed by atoms with van der Waals surface area (Å²) in [7, 11) is 0. The minimum Gasteiger partial charge on any atom is -0.475 e. The van der Waals surface area contributed by atoms with Gasteiger partial charge in [-0.25, -0.2) is 4.79 Å². The number of aromatic carboxylic acids is 1. The van der Waals surface area contributed by atoms with Crippen molar-refractivity contribution in [3.63, 3.8) is 0 Å². The molecule has 0 aliphatic rings. The second-order valence-electron chi connectivity index (χ2n) is 3.99. The predicted molar refractivity (Wildman–Crippen MR) is 59.4 cm³/mol. The Bertz CT molecular complexity index is 330. The van der Waals surface area contributed by atoms with Gasteiger partial charge in [0.25, 0.3) is 0 Å². The molecule has 16 heavy (non-hydrogen) atoms. The molecule has 1 aromatic heterocycles. The first kappa shape index (κ1) is 12.8. The van der Waals surface area contributed by atoms with Crippen LogP contribution in [-0.2, 0) is 11.3 Å². The molecule has 4 nitrogen and oxygen atoms in total. The maximum absolute atomic E-state index is 10.7. The van der Waals surface area contributed by atoms with Crippen molar-refractivity contribution in [2.24, 2.45) is 5.92 Å². The van der Waals surface area contributed by atoms with E-state index in [0.29, 0.717) is 24.7 Å². The molecule has 1 N–H and O–H groups in total. The van der Waals surface area contributed by atoms with Crippen molar-refractivity contribution in [3.05, 3.63) is 23.7 Å². The molecule has 1 atom stereocenters. The molecule has 1 rings (SSSR count). The van der Waals surface area contributed by atoms with Gasteiger partial charge in [0.05, 0.1) is 12.9 Å². The average molecular weight is 226 g/mol. The van der Waals surface area contributed by atoms with Gasteiger partial charge in [0.1, 0.15) is 0 Å². The number of carbonyl (C=O) groups is 1. The smallest absolute Gasteiger partial charge is 0.372 e. The lowest BCUT2D eigenvalue weighted by atomic mass is 10.1. The second kappa shape index (κ2) is 6.33. The van der Waals surface area contributed by atoms with Gasteiger partial charge in [0.15, 0.2) is 0 Å². The Morgan fingerprint density at radius 1 is 1.62 bits per heavy atom. The number of hydrogen-bond donors (Lipinski definition) is 1. The minimum absolute atomic E-state index is 0.0249. The molecule has 0 aliphatic carbocycles. The van der Waals surface area contributed by atoms with Crippen LogP contribution in [0, 0.1) is 5.92 Å². The van der Waals surface area contributed by atoms with E-state index < -0.39 is 5.97 Å². The summed E-state index contributed by atoms with van der Waals surface area (Å²) >= 11 is 0. The van der Waals surface area contributed by atoms with Crippen LogP contribution in [0.1, 0.15) is 42.8 Å². The summed E-state index contributed by atoms with van der Waals surface area (Å²) in [5, 5.41) is 8.80. The maximum atomic E-state index is 10.7. The van der Waals surface area contributed by atoms with Gasteiger partial charge in [0, 0.05) is 12.2 Å². The molecule has 0 spiro atoms. The zero-order chi connectivity index (χ0) is 12.0. The van der Waals surface area contributed by atoms with Gasteiger partial charge in [-0.1, -0.05) is 20.3 Å². The van der Waals surface area contributed by atoms with Crippen LogP contribution in [0.4, 0.5) is 0 Å². The van der Waals surface area contributed by atoms with E-state index in [4.69, 9.17) is 14.3 Å². The highest BCUT2D eigenvalue weighted by atomic mass is 16.5. The van der Waals surface area contributed by atoms with Crippen molar-refractivity contribution in [1.29, 1.82) is 0 Å². The molecular weight excluding hydrogens is 208 g/mol. The van der Waals surface area contributed by atoms with Gasteiger partial charge < -0.3 is 14.3 Å². The lowest BCUT2D eigenvalue weighted by molar-refractivity contribution is 0.0639. The van der Waals surface area contributed by atoms with Crippen LogP contribution in [0.2, 0.25) is 0 Å². The number of carboxylic acid groups (broad SMARTS) is 1. The molecule has 0 amide bonds. The fraction of sp³-hybridized carbons (Fsp3) is 0.583. The predicted octanol–water partition coefficient (Wildman–Crippen LogP) is 2.93. The Balaban J connectivity index is 2.37. The summed E-state index contributed by atoms with van der Waals surface area (Å²) in [6.07, 6.45) is 3.63. The Morgan fingerprint density at radius 3 is 3.00 bits per heavy atom. The SMILES string of the molecule is CCCC(C)COCc1ccoc1C(=O)O.